The molecule has 5 heteroatoms. The second-order valence-corrected chi connectivity index (χ2v) is 3.88. The largest absolute Gasteiger partial charge is 0.287 e. The van der Waals surface area contributed by atoms with Gasteiger partial charge >= 0.3 is 0 Å². The lowest BCUT2D eigenvalue weighted by atomic mass is 10.2. The van der Waals surface area contributed by atoms with Crippen molar-refractivity contribution in [2.24, 2.45) is 14.1 Å². The van der Waals surface area contributed by atoms with Crippen molar-refractivity contribution >= 4 is 11.9 Å². The van der Waals surface area contributed by atoms with Gasteiger partial charge in [0, 0.05) is 31.5 Å². The first-order valence-electron chi connectivity index (χ1n) is 5.28. The summed E-state index contributed by atoms with van der Waals surface area (Å²) >= 11 is 0. The van der Waals surface area contributed by atoms with E-state index >= 15 is 0 Å². The van der Waals surface area contributed by atoms with Gasteiger partial charge in [0.1, 0.15) is 5.69 Å². The van der Waals surface area contributed by atoms with E-state index in [-0.39, 0.29) is 5.78 Å². The number of hydrogen-bond acceptors (Lipinski definition) is 3. The maximum Gasteiger partial charge on any atom is 0.206 e. The SMILES string of the molecule is Cc1c(/C=C/C(=O)c2ccn(C)n2)cnn1C. The molecular weight excluding hydrogens is 216 g/mol. The van der Waals surface area contributed by atoms with Crippen LogP contribution >= 0.6 is 0 Å². The van der Waals surface area contributed by atoms with Gasteiger partial charge in [-0.15, -0.1) is 0 Å². The van der Waals surface area contributed by atoms with Crippen LogP contribution in [0, 0.1) is 6.92 Å². The second-order valence-electron chi connectivity index (χ2n) is 3.88. The fourth-order valence-electron chi connectivity index (χ4n) is 1.48. The Bertz CT molecular complexity index is 577. The quantitative estimate of drug-likeness (QED) is 0.591. The molecule has 0 aliphatic rings. The summed E-state index contributed by atoms with van der Waals surface area (Å²) in [4.78, 5) is 11.8. The first kappa shape index (κ1) is 11.3. The van der Waals surface area contributed by atoms with E-state index in [1.54, 1.807) is 40.9 Å². The summed E-state index contributed by atoms with van der Waals surface area (Å²) in [5.41, 5.74) is 2.41. The lowest BCUT2D eigenvalue weighted by molar-refractivity contribution is 0.104. The minimum Gasteiger partial charge on any atom is -0.287 e. The lowest BCUT2D eigenvalue weighted by Crippen LogP contribution is -1.97. The van der Waals surface area contributed by atoms with Gasteiger partial charge in [-0.3, -0.25) is 14.2 Å². The minimum atomic E-state index is -0.103. The van der Waals surface area contributed by atoms with Gasteiger partial charge in [0.05, 0.1) is 6.20 Å². The van der Waals surface area contributed by atoms with Crippen LogP contribution in [0.4, 0.5) is 0 Å². The highest BCUT2D eigenvalue weighted by Gasteiger charge is 2.05. The maximum absolute atomic E-state index is 11.8. The molecule has 0 bridgehead atoms. The predicted molar refractivity (Wildman–Crippen MR) is 64.5 cm³/mol. The van der Waals surface area contributed by atoms with E-state index in [0.29, 0.717) is 5.69 Å². The summed E-state index contributed by atoms with van der Waals surface area (Å²) in [6.07, 6.45) is 6.76. The van der Waals surface area contributed by atoms with E-state index in [1.165, 1.54) is 6.08 Å². The molecule has 0 unspecified atom stereocenters. The third kappa shape index (κ3) is 2.33. The average molecular weight is 230 g/mol. The fraction of sp³-hybridized carbons (Fsp3) is 0.250. The van der Waals surface area contributed by atoms with Gasteiger partial charge in [0.2, 0.25) is 5.78 Å². The van der Waals surface area contributed by atoms with Crippen LogP contribution in [-0.4, -0.2) is 25.3 Å². The monoisotopic (exact) mass is 230 g/mol. The molecule has 0 spiro atoms. The van der Waals surface area contributed by atoms with Gasteiger partial charge in [-0.1, -0.05) is 0 Å². The number of ketones is 1. The number of carbonyl (C=O) groups is 1. The zero-order valence-electron chi connectivity index (χ0n) is 10.1. The summed E-state index contributed by atoms with van der Waals surface area (Å²) in [6.45, 7) is 1.96. The summed E-state index contributed by atoms with van der Waals surface area (Å²) in [5.74, 6) is -0.103. The molecule has 2 aromatic rings. The van der Waals surface area contributed by atoms with Gasteiger partial charge in [0.15, 0.2) is 0 Å². The van der Waals surface area contributed by atoms with E-state index in [0.717, 1.165) is 11.3 Å². The topological polar surface area (TPSA) is 52.7 Å². The smallest absolute Gasteiger partial charge is 0.206 e. The highest BCUT2D eigenvalue weighted by molar-refractivity contribution is 6.05. The van der Waals surface area contributed by atoms with Crippen LogP contribution in [0.3, 0.4) is 0 Å². The summed E-state index contributed by atoms with van der Waals surface area (Å²) in [6, 6.07) is 1.70. The summed E-state index contributed by atoms with van der Waals surface area (Å²) < 4.78 is 3.38. The molecule has 0 fully saturated rings. The molecule has 17 heavy (non-hydrogen) atoms. The van der Waals surface area contributed by atoms with Gasteiger partial charge in [0.25, 0.3) is 0 Å². The van der Waals surface area contributed by atoms with Crippen LogP contribution in [0.5, 0.6) is 0 Å². The molecule has 0 amide bonds. The van der Waals surface area contributed by atoms with E-state index in [1.807, 2.05) is 14.0 Å². The van der Waals surface area contributed by atoms with Crippen molar-refractivity contribution in [3.05, 3.63) is 41.5 Å². The zero-order valence-corrected chi connectivity index (χ0v) is 10.1. The number of carbonyl (C=O) groups excluding carboxylic acids is 1. The Morgan fingerprint density at radius 2 is 2.18 bits per heavy atom. The van der Waals surface area contributed by atoms with Crippen molar-refractivity contribution in [2.45, 2.75) is 6.92 Å². The molecule has 0 atom stereocenters. The standard InChI is InChI=1S/C12H14N4O/c1-9-10(8-13-16(9)3)4-5-12(17)11-6-7-15(2)14-11/h4-8H,1-3H3/b5-4+. The third-order valence-electron chi connectivity index (χ3n) is 2.65. The van der Waals surface area contributed by atoms with E-state index in [4.69, 9.17) is 0 Å². The molecule has 0 aromatic carbocycles. The van der Waals surface area contributed by atoms with Gasteiger partial charge in [-0.2, -0.15) is 10.2 Å². The Morgan fingerprint density at radius 1 is 1.41 bits per heavy atom. The summed E-state index contributed by atoms with van der Waals surface area (Å²) in [7, 11) is 3.65. The Hall–Kier alpha value is -2.17. The van der Waals surface area contributed by atoms with Crippen molar-refractivity contribution in [3.63, 3.8) is 0 Å². The Morgan fingerprint density at radius 3 is 2.71 bits per heavy atom. The summed E-state index contributed by atoms with van der Waals surface area (Å²) in [5, 5.41) is 8.15. The minimum absolute atomic E-state index is 0.103. The van der Waals surface area contributed by atoms with Gasteiger partial charge in [-0.25, -0.2) is 0 Å². The fourth-order valence-corrected chi connectivity index (χ4v) is 1.48. The molecule has 0 saturated heterocycles. The van der Waals surface area contributed by atoms with Crippen LogP contribution in [-0.2, 0) is 14.1 Å². The van der Waals surface area contributed by atoms with Crippen molar-refractivity contribution in [2.75, 3.05) is 0 Å². The highest BCUT2D eigenvalue weighted by Crippen LogP contribution is 2.08. The zero-order chi connectivity index (χ0) is 12.4. The van der Waals surface area contributed by atoms with E-state index < -0.39 is 0 Å². The molecule has 2 rings (SSSR count). The van der Waals surface area contributed by atoms with Crippen LogP contribution in [0.25, 0.3) is 6.08 Å². The molecule has 0 aliphatic carbocycles. The van der Waals surface area contributed by atoms with Crippen molar-refractivity contribution < 1.29 is 4.79 Å². The molecule has 0 aliphatic heterocycles. The van der Waals surface area contributed by atoms with Crippen LogP contribution in [0.15, 0.2) is 24.5 Å². The number of hydrogen-bond donors (Lipinski definition) is 0. The number of nitrogens with zero attached hydrogens (tertiary/aromatic N) is 4. The average Bonchev–Trinajstić information content (AvgIpc) is 2.86. The number of aromatic nitrogens is 4. The number of aryl methyl sites for hydroxylation is 2. The second kappa shape index (κ2) is 4.37. The van der Waals surface area contributed by atoms with Crippen LogP contribution in [0.1, 0.15) is 21.7 Å². The van der Waals surface area contributed by atoms with Crippen LogP contribution < -0.4 is 0 Å². The van der Waals surface area contributed by atoms with Gasteiger partial charge in [-0.05, 0) is 25.1 Å². The van der Waals surface area contributed by atoms with E-state index in [2.05, 4.69) is 10.2 Å². The van der Waals surface area contributed by atoms with Crippen LogP contribution in [0.2, 0.25) is 0 Å². The molecule has 0 saturated carbocycles. The number of allylic oxidation sites excluding steroid dienone is 1. The Kier molecular flexibility index (Phi) is 2.91. The third-order valence-corrected chi connectivity index (χ3v) is 2.65. The highest BCUT2D eigenvalue weighted by atomic mass is 16.1. The molecule has 2 heterocycles. The molecule has 2 aromatic heterocycles. The first-order valence-corrected chi connectivity index (χ1v) is 5.28. The Balaban J connectivity index is 2.16. The lowest BCUT2D eigenvalue weighted by Gasteiger charge is -1.93. The molecule has 88 valence electrons. The maximum atomic E-state index is 11.8. The van der Waals surface area contributed by atoms with Gasteiger partial charge < -0.3 is 0 Å². The van der Waals surface area contributed by atoms with E-state index in [9.17, 15) is 4.79 Å². The molecule has 0 N–H and O–H groups in total. The molecular formula is C12H14N4O. The number of rotatable bonds is 3. The van der Waals surface area contributed by atoms with Crippen molar-refractivity contribution in [3.8, 4) is 0 Å². The predicted octanol–water partition coefficient (Wildman–Crippen LogP) is 1.36. The van der Waals surface area contributed by atoms with Crippen molar-refractivity contribution in [1.29, 1.82) is 0 Å². The van der Waals surface area contributed by atoms with Crippen molar-refractivity contribution in [1.82, 2.24) is 19.6 Å². The first-order chi connectivity index (χ1) is 8.08. The molecule has 5 nitrogen and oxygen atoms in total. The molecule has 0 radical (unpaired) electrons. The Labute approximate surface area is 99.4 Å². The normalized spacial score (nSPS) is 11.2.